The molecule has 0 amide bonds. The van der Waals surface area contributed by atoms with Gasteiger partial charge in [0.15, 0.2) is 6.10 Å². The number of unbranched alkanes of at least 4 members (excludes halogenated alkanes) is 12. The van der Waals surface area contributed by atoms with E-state index in [1.807, 2.05) is 0 Å². The molecule has 338 valence electrons. The highest BCUT2D eigenvalue weighted by Gasteiger charge is 2.19. The molecule has 0 bridgehead atoms. The number of carbonyl (C=O) groups excluding carboxylic acids is 3. The van der Waals surface area contributed by atoms with Gasteiger partial charge in [0.2, 0.25) is 0 Å². The van der Waals surface area contributed by atoms with Crippen molar-refractivity contribution in [2.45, 2.75) is 200 Å². The SMILES string of the molecule is CC/C=C\C/C=C\C/C=C\C/C=C\C/C=C\CCCCCC(=O)OCC(COC(=O)CCCCCCCCCC)OC(=O)CCCC/C=C\C/C=C\C/C=C\C/C=C\CC. The zero-order valence-corrected chi connectivity index (χ0v) is 38.4. The minimum atomic E-state index is -0.811. The van der Waals surface area contributed by atoms with Gasteiger partial charge in [0.25, 0.3) is 0 Å². The van der Waals surface area contributed by atoms with Crippen molar-refractivity contribution in [1.29, 1.82) is 0 Å². The predicted molar refractivity (Wildman–Crippen MR) is 256 cm³/mol. The van der Waals surface area contributed by atoms with Crippen LogP contribution < -0.4 is 0 Å². The number of allylic oxidation sites excluding steroid dienone is 18. The molecular weight excluding hydrogens is 745 g/mol. The zero-order chi connectivity index (χ0) is 43.7. The van der Waals surface area contributed by atoms with Gasteiger partial charge >= 0.3 is 17.9 Å². The highest BCUT2D eigenvalue weighted by atomic mass is 16.6. The second-order valence-corrected chi connectivity index (χ2v) is 15.3. The normalized spacial score (nSPS) is 13.1. The fourth-order valence-corrected chi connectivity index (χ4v) is 5.99. The van der Waals surface area contributed by atoms with Gasteiger partial charge in [0.1, 0.15) is 13.2 Å². The van der Waals surface area contributed by atoms with Crippen molar-refractivity contribution >= 4 is 17.9 Å². The maximum absolute atomic E-state index is 12.7. The van der Waals surface area contributed by atoms with Crippen LogP contribution in [0.2, 0.25) is 0 Å². The van der Waals surface area contributed by atoms with E-state index in [0.717, 1.165) is 116 Å². The first-order valence-corrected chi connectivity index (χ1v) is 23.9. The molecule has 0 aliphatic rings. The van der Waals surface area contributed by atoms with E-state index in [1.54, 1.807) is 0 Å². The molecule has 0 N–H and O–H groups in total. The summed E-state index contributed by atoms with van der Waals surface area (Å²) in [7, 11) is 0. The van der Waals surface area contributed by atoms with Crippen LogP contribution in [-0.4, -0.2) is 37.2 Å². The lowest BCUT2D eigenvalue weighted by molar-refractivity contribution is -0.167. The van der Waals surface area contributed by atoms with Gasteiger partial charge in [-0.3, -0.25) is 14.4 Å². The molecule has 0 rings (SSSR count). The van der Waals surface area contributed by atoms with Gasteiger partial charge in [0, 0.05) is 19.3 Å². The molecule has 0 radical (unpaired) electrons. The average Bonchev–Trinajstić information content (AvgIpc) is 3.24. The molecule has 0 saturated heterocycles. The van der Waals surface area contributed by atoms with Gasteiger partial charge in [-0.2, -0.15) is 0 Å². The van der Waals surface area contributed by atoms with Crippen molar-refractivity contribution in [1.82, 2.24) is 0 Å². The summed E-state index contributed by atoms with van der Waals surface area (Å²) in [6, 6.07) is 0. The molecule has 1 atom stereocenters. The third kappa shape index (κ3) is 45.2. The molecule has 0 aliphatic heterocycles. The molecule has 6 heteroatoms. The van der Waals surface area contributed by atoms with Crippen molar-refractivity contribution in [2.75, 3.05) is 13.2 Å². The molecule has 0 saturated carbocycles. The van der Waals surface area contributed by atoms with E-state index in [1.165, 1.54) is 32.1 Å². The summed E-state index contributed by atoms with van der Waals surface area (Å²) in [5.41, 5.74) is 0. The second-order valence-electron chi connectivity index (χ2n) is 15.3. The summed E-state index contributed by atoms with van der Waals surface area (Å²) in [4.78, 5) is 37.7. The Kier molecular flexibility index (Phi) is 44.6. The van der Waals surface area contributed by atoms with Gasteiger partial charge in [0.05, 0.1) is 0 Å². The molecule has 0 aromatic heterocycles. The largest absolute Gasteiger partial charge is 0.462 e. The Balaban J connectivity index is 4.47. The Morgan fingerprint density at radius 2 is 0.650 bits per heavy atom. The molecule has 6 nitrogen and oxygen atoms in total. The van der Waals surface area contributed by atoms with Gasteiger partial charge in [-0.25, -0.2) is 0 Å². The Labute approximate surface area is 368 Å². The number of esters is 3. The number of hydrogen-bond donors (Lipinski definition) is 0. The summed E-state index contributed by atoms with van der Waals surface area (Å²) in [6.45, 7) is 6.29. The summed E-state index contributed by atoms with van der Waals surface area (Å²) in [5.74, 6) is -0.997. The van der Waals surface area contributed by atoms with Crippen molar-refractivity contribution in [3.05, 3.63) is 109 Å². The molecule has 0 fully saturated rings. The van der Waals surface area contributed by atoms with E-state index in [9.17, 15) is 14.4 Å². The molecule has 0 heterocycles. The number of rotatable bonds is 41. The van der Waals surface area contributed by atoms with Crippen molar-refractivity contribution < 1.29 is 28.6 Å². The standard InChI is InChI=1S/C54H86O6/c1-4-7-10-13-16-19-21-23-25-26-27-28-30-31-33-35-38-41-44-47-53(56)59-50-51(49-58-52(55)46-43-40-37-18-15-12-9-6-3)60-54(57)48-45-42-39-36-34-32-29-24-22-20-17-14-11-8-5-2/h7-8,10-11,16-17,19-20,23-25,27-29,31,33-34,36,51H,4-6,9,12-15,18,21-22,26,30,32,35,37-50H2,1-3H3/b10-7-,11-8-,19-16-,20-17-,25-23-,28-27-,29-24-,33-31-,36-34-. The lowest BCUT2D eigenvalue weighted by atomic mass is 10.1. The minimum Gasteiger partial charge on any atom is -0.462 e. The fourth-order valence-electron chi connectivity index (χ4n) is 5.99. The lowest BCUT2D eigenvalue weighted by Crippen LogP contribution is -2.30. The van der Waals surface area contributed by atoms with Gasteiger partial charge in [-0.05, 0) is 103 Å². The first-order valence-electron chi connectivity index (χ1n) is 23.9. The van der Waals surface area contributed by atoms with E-state index < -0.39 is 6.10 Å². The Morgan fingerprint density at radius 1 is 0.350 bits per heavy atom. The monoisotopic (exact) mass is 831 g/mol. The maximum Gasteiger partial charge on any atom is 0.306 e. The van der Waals surface area contributed by atoms with Gasteiger partial charge in [-0.15, -0.1) is 0 Å². The minimum absolute atomic E-state index is 0.107. The Morgan fingerprint density at radius 3 is 1.05 bits per heavy atom. The van der Waals surface area contributed by atoms with Gasteiger partial charge < -0.3 is 14.2 Å². The molecule has 0 aromatic rings. The van der Waals surface area contributed by atoms with Gasteiger partial charge in [-0.1, -0.05) is 182 Å². The molecule has 0 aliphatic carbocycles. The first kappa shape index (κ1) is 56.1. The van der Waals surface area contributed by atoms with Crippen molar-refractivity contribution in [2.24, 2.45) is 0 Å². The quantitative estimate of drug-likeness (QED) is 0.0264. The topological polar surface area (TPSA) is 78.9 Å². The molecule has 60 heavy (non-hydrogen) atoms. The fraction of sp³-hybridized carbons (Fsp3) is 0.611. The summed E-state index contributed by atoms with van der Waals surface area (Å²) in [5, 5.41) is 0. The third-order valence-corrected chi connectivity index (χ3v) is 9.52. The van der Waals surface area contributed by atoms with Crippen LogP contribution in [0.15, 0.2) is 109 Å². The van der Waals surface area contributed by atoms with Crippen molar-refractivity contribution in [3.8, 4) is 0 Å². The highest BCUT2D eigenvalue weighted by molar-refractivity contribution is 5.71. The smallest absolute Gasteiger partial charge is 0.306 e. The van der Waals surface area contributed by atoms with Crippen LogP contribution in [0.3, 0.4) is 0 Å². The number of hydrogen-bond acceptors (Lipinski definition) is 6. The van der Waals surface area contributed by atoms with Crippen LogP contribution in [0.1, 0.15) is 194 Å². The van der Waals surface area contributed by atoms with E-state index in [2.05, 4.69) is 130 Å². The maximum atomic E-state index is 12.7. The summed E-state index contributed by atoms with van der Waals surface area (Å²) >= 11 is 0. The predicted octanol–water partition coefficient (Wildman–Crippen LogP) is 15.6. The average molecular weight is 831 g/mol. The molecular formula is C54H86O6. The van der Waals surface area contributed by atoms with E-state index >= 15 is 0 Å². The van der Waals surface area contributed by atoms with Crippen LogP contribution in [0.4, 0.5) is 0 Å². The van der Waals surface area contributed by atoms with Crippen LogP contribution in [0.25, 0.3) is 0 Å². The Hall–Kier alpha value is -3.93. The lowest BCUT2D eigenvalue weighted by Gasteiger charge is -2.18. The first-order chi connectivity index (χ1) is 29.5. The van der Waals surface area contributed by atoms with Crippen molar-refractivity contribution in [3.63, 3.8) is 0 Å². The summed E-state index contributed by atoms with van der Waals surface area (Å²) < 4.78 is 16.6. The van der Waals surface area contributed by atoms with Crippen LogP contribution in [-0.2, 0) is 28.6 Å². The third-order valence-electron chi connectivity index (χ3n) is 9.52. The zero-order valence-electron chi connectivity index (χ0n) is 38.4. The second kappa shape index (κ2) is 47.7. The summed E-state index contributed by atoms with van der Waals surface area (Å²) in [6.07, 6.45) is 63.7. The van der Waals surface area contributed by atoms with E-state index in [0.29, 0.717) is 19.3 Å². The van der Waals surface area contributed by atoms with Crippen LogP contribution in [0, 0.1) is 0 Å². The van der Waals surface area contributed by atoms with E-state index in [4.69, 9.17) is 14.2 Å². The number of ether oxygens (including phenoxy) is 3. The van der Waals surface area contributed by atoms with Crippen LogP contribution in [0.5, 0.6) is 0 Å². The van der Waals surface area contributed by atoms with E-state index in [-0.39, 0.29) is 37.5 Å². The number of carbonyl (C=O) groups is 3. The Bertz CT molecular complexity index is 1280. The van der Waals surface area contributed by atoms with Crippen LogP contribution >= 0.6 is 0 Å². The molecule has 0 aromatic carbocycles. The molecule has 0 spiro atoms. The molecule has 1 unspecified atom stereocenters. The highest BCUT2D eigenvalue weighted by Crippen LogP contribution is 2.12.